The average molecular weight is 276 g/mol. The van der Waals surface area contributed by atoms with E-state index in [0.29, 0.717) is 18.1 Å². The fraction of sp³-hybridized carbons (Fsp3) is 0.250. The Labute approximate surface area is 117 Å². The van der Waals surface area contributed by atoms with Crippen molar-refractivity contribution in [3.8, 4) is 17.2 Å². The Morgan fingerprint density at radius 2 is 1.75 bits per heavy atom. The molecule has 0 heterocycles. The molecule has 0 atom stereocenters. The monoisotopic (exact) mass is 276 g/mol. The van der Waals surface area contributed by atoms with Gasteiger partial charge in [0.25, 0.3) is 0 Å². The zero-order valence-corrected chi connectivity index (χ0v) is 11.3. The van der Waals surface area contributed by atoms with Crippen molar-refractivity contribution in [1.29, 1.82) is 0 Å². The molecule has 3 nitrogen and oxygen atoms in total. The third kappa shape index (κ3) is 3.48. The van der Waals surface area contributed by atoms with E-state index in [1.54, 1.807) is 36.4 Å². The third-order valence-electron chi connectivity index (χ3n) is 2.76. The summed E-state index contributed by atoms with van der Waals surface area (Å²) in [6.45, 7) is 2.30. The summed E-state index contributed by atoms with van der Waals surface area (Å²) >= 11 is 0. The average Bonchev–Trinajstić information content (AvgIpc) is 2.47. The highest BCUT2D eigenvalue weighted by Gasteiger charge is 2.09. The van der Waals surface area contributed by atoms with Crippen molar-refractivity contribution in [2.24, 2.45) is 0 Å². The van der Waals surface area contributed by atoms with Crippen LogP contribution in [0.15, 0.2) is 42.5 Å². The Balaban J connectivity index is 2.12. The van der Waals surface area contributed by atoms with Crippen LogP contribution < -0.4 is 9.47 Å². The molecule has 0 saturated heterocycles. The van der Waals surface area contributed by atoms with Gasteiger partial charge in [-0.25, -0.2) is 4.39 Å². The van der Waals surface area contributed by atoms with Gasteiger partial charge in [-0.3, -0.25) is 0 Å². The predicted octanol–water partition coefficient (Wildman–Crippen LogP) is 3.90. The summed E-state index contributed by atoms with van der Waals surface area (Å²) in [5, 5.41) is 9.18. The van der Waals surface area contributed by atoms with Crippen LogP contribution in [-0.4, -0.2) is 11.7 Å². The molecule has 0 aliphatic heterocycles. The van der Waals surface area contributed by atoms with E-state index in [4.69, 9.17) is 9.47 Å². The SMILES string of the molecule is CCCOc1ccc(Oc2cccc(F)c2CO)cc1. The Hall–Kier alpha value is -2.07. The molecule has 2 rings (SSSR count). The first-order valence-corrected chi connectivity index (χ1v) is 6.53. The topological polar surface area (TPSA) is 38.7 Å². The molecule has 0 radical (unpaired) electrons. The lowest BCUT2D eigenvalue weighted by Crippen LogP contribution is -1.96. The van der Waals surface area contributed by atoms with Crippen LogP contribution in [0.2, 0.25) is 0 Å². The molecule has 2 aromatic rings. The number of hydrogen-bond donors (Lipinski definition) is 1. The molecule has 0 aliphatic rings. The Bertz CT molecular complexity index is 552. The smallest absolute Gasteiger partial charge is 0.135 e. The standard InChI is InChI=1S/C16H17FO3/c1-2-10-19-12-6-8-13(9-7-12)20-16-5-3-4-15(17)14(16)11-18/h3-9,18H,2,10-11H2,1H3. The van der Waals surface area contributed by atoms with Gasteiger partial charge < -0.3 is 14.6 Å². The number of benzene rings is 2. The molecule has 0 bridgehead atoms. The highest BCUT2D eigenvalue weighted by atomic mass is 19.1. The molecule has 1 N–H and O–H groups in total. The number of hydrogen-bond acceptors (Lipinski definition) is 3. The van der Waals surface area contributed by atoms with Gasteiger partial charge in [0.2, 0.25) is 0 Å². The molecule has 106 valence electrons. The Morgan fingerprint density at radius 3 is 2.40 bits per heavy atom. The summed E-state index contributed by atoms with van der Waals surface area (Å²) < 4.78 is 24.6. The first-order chi connectivity index (χ1) is 9.74. The number of aliphatic hydroxyl groups is 1. The van der Waals surface area contributed by atoms with Gasteiger partial charge in [0, 0.05) is 0 Å². The highest BCUT2D eigenvalue weighted by Crippen LogP contribution is 2.28. The van der Waals surface area contributed by atoms with Crippen LogP contribution in [0.1, 0.15) is 18.9 Å². The van der Waals surface area contributed by atoms with E-state index in [2.05, 4.69) is 0 Å². The normalized spacial score (nSPS) is 10.3. The lowest BCUT2D eigenvalue weighted by atomic mass is 10.2. The Morgan fingerprint density at radius 1 is 1.05 bits per heavy atom. The van der Waals surface area contributed by atoms with E-state index < -0.39 is 12.4 Å². The largest absolute Gasteiger partial charge is 0.494 e. The first-order valence-electron chi connectivity index (χ1n) is 6.53. The van der Waals surface area contributed by atoms with Gasteiger partial charge in [0.15, 0.2) is 0 Å². The molecule has 0 saturated carbocycles. The van der Waals surface area contributed by atoms with Crippen LogP contribution in [-0.2, 0) is 6.61 Å². The maximum Gasteiger partial charge on any atom is 0.135 e. The van der Waals surface area contributed by atoms with Crippen molar-refractivity contribution >= 4 is 0 Å². The summed E-state index contributed by atoms with van der Waals surface area (Å²) in [4.78, 5) is 0. The summed E-state index contributed by atoms with van der Waals surface area (Å²) in [6, 6.07) is 11.5. The van der Waals surface area contributed by atoms with Crippen LogP contribution in [0, 0.1) is 5.82 Å². The molecule has 2 aromatic carbocycles. The van der Waals surface area contributed by atoms with E-state index in [0.717, 1.165) is 12.2 Å². The van der Waals surface area contributed by atoms with Crippen molar-refractivity contribution < 1.29 is 19.0 Å². The molecule has 0 spiro atoms. The lowest BCUT2D eigenvalue weighted by Gasteiger charge is -2.11. The quantitative estimate of drug-likeness (QED) is 0.869. The van der Waals surface area contributed by atoms with Crippen molar-refractivity contribution in [2.45, 2.75) is 20.0 Å². The molecular formula is C16H17FO3. The molecule has 20 heavy (non-hydrogen) atoms. The minimum absolute atomic E-state index is 0.152. The molecule has 0 fully saturated rings. The molecule has 0 aliphatic carbocycles. The molecule has 0 amide bonds. The van der Waals surface area contributed by atoms with Gasteiger partial charge in [0.1, 0.15) is 23.1 Å². The van der Waals surface area contributed by atoms with Crippen LogP contribution in [0.5, 0.6) is 17.2 Å². The lowest BCUT2D eigenvalue weighted by molar-refractivity contribution is 0.270. The second-order valence-electron chi connectivity index (χ2n) is 4.30. The number of aliphatic hydroxyl groups excluding tert-OH is 1. The number of rotatable bonds is 6. The minimum atomic E-state index is -0.479. The van der Waals surface area contributed by atoms with E-state index >= 15 is 0 Å². The second kappa shape index (κ2) is 6.91. The van der Waals surface area contributed by atoms with Crippen LogP contribution in [0.25, 0.3) is 0 Å². The first kappa shape index (κ1) is 14.3. The van der Waals surface area contributed by atoms with Crippen molar-refractivity contribution in [2.75, 3.05) is 6.61 Å². The van der Waals surface area contributed by atoms with E-state index in [1.807, 2.05) is 6.92 Å². The van der Waals surface area contributed by atoms with Crippen molar-refractivity contribution in [1.82, 2.24) is 0 Å². The van der Waals surface area contributed by atoms with E-state index in [9.17, 15) is 9.50 Å². The highest BCUT2D eigenvalue weighted by molar-refractivity contribution is 5.39. The van der Waals surface area contributed by atoms with E-state index in [1.165, 1.54) is 6.07 Å². The zero-order chi connectivity index (χ0) is 14.4. The van der Waals surface area contributed by atoms with Crippen LogP contribution >= 0.6 is 0 Å². The summed E-state index contributed by atoms with van der Waals surface area (Å²) in [6.07, 6.45) is 0.946. The minimum Gasteiger partial charge on any atom is -0.494 e. The third-order valence-corrected chi connectivity index (χ3v) is 2.76. The van der Waals surface area contributed by atoms with Gasteiger partial charge >= 0.3 is 0 Å². The van der Waals surface area contributed by atoms with Gasteiger partial charge in [0.05, 0.1) is 18.8 Å². The maximum atomic E-state index is 13.5. The van der Waals surface area contributed by atoms with Crippen LogP contribution in [0.4, 0.5) is 4.39 Å². The molecule has 4 heteroatoms. The van der Waals surface area contributed by atoms with Gasteiger partial charge in [-0.05, 0) is 42.8 Å². The molecule has 0 aromatic heterocycles. The maximum absolute atomic E-state index is 13.5. The summed E-state index contributed by atoms with van der Waals surface area (Å²) in [5.74, 6) is 1.16. The molecular weight excluding hydrogens is 259 g/mol. The second-order valence-corrected chi connectivity index (χ2v) is 4.30. The van der Waals surface area contributed by atoms with Gasteiger partial charge in [-0.1, -0.05) is 13.0 Å². The summed E-state index contributed by atoms with van der Waals surface area (Å²) in [5.41, 5.74) is 0.152. The number of halogens is 1. The zero-order valence-electron chi connectivity index (χ0n) is 11.3. The predicted molar refractivity (Wildman–Crippen MR) is 74.6 cm³/mol. The van der Waals surface area contributed by atoms with Gasteiger partial charge in [-0.2, -0.15) is 0 Å². The van der Waals surface area contributed by atoms with E-state index in [-0.39, 0.29) is 5.56 Å². The Kier molecular flexibility index (Phi) is 4.96. The van der Waals surface area contributed by atoms with Crippen LogP contribution in [0.3, 0.4) is 0 Å². The number of ether oxygens (including phenoxy) is 2. The fourth-order valence-corrected chi connectivity index (χ4v) is 1.74. The fourth-order valence-electron chi connectivity index (χ4n) is 1.74. The van der Waals surface area contributed by atoms with Gasteiger partial charge in [-0.15, -0.1) is 0 Å². The van der Waals surface area contributed by atoms with Crippen molar-refractivity contribution in [3.05, 3.63) is 53.8 Å². The molecule has 0 unspecified atom stereocenters. The van der Waals surface area contributed by atoms with Crippen molar-refractivity contribution in [3.63, 3.8) is 0 Å². The summed E-state index contributed by atoms with van der Waals surface area (Å²) in [7, 11) is 0.